The summed E-state index contributed by atoms with van der Waals surface area (Å²) in [6.07, 6.45) is 6.32. The number of carbonyl (C=O) groups excluding carboxylic acids is 1. The van der Waals surface area contributed by atoms with Gasteiger partial charge in [-0.25, -0.2) is 14.8 Å². The molecule has 0 saturated heterocycles. The van der Waals surface area contributed by atoms with Crippen LogP contribution in [0.5, 0.6) is 0 Å². The maximum atomic E-state index is 10.5. The Morgan fingerprint density at radius 1 is 1.50 bits per heavy atom. The van der Waals surface area contributed by atoms with E-state index in [0.29, 0.717) is 12.4 Å². The van der Waals surface area contributed by atoms with Gasteiger partial charge in [0.05, 0.1) is 0 Å². The first kappa shape index (κ1) is 10.5. The summed E-state index contributed by atoms with van der Waals surface area (Å²) in [4.78, 5) is 18.6. The summed E-state index contributed by atoms with van der Waals surface area (Å²) in [5, 5.41) is 0. The lowest BCUT2D eigenvalue weighted by molar-refractivity contribution is 0.0422. The molecular formula is C11H10N2O3. The SMILES string of the molecule is O=C=C1OCC=CC1OCc1ncccn1. The first-order valence-electron chi connectivity index (χ1n) is 4.82. The Morgan fingerprint density at radius 2 is 2.31 bits per heavy atom. The second-order valence-corrected chi connectivity index (χ2v) is 3.10. The van der Waals surface area contributed by atoms with Gasteiger partial charge in [-0.15, -0.1) is 0 Å². The highest BCUT2D eigenvalue weighted by molar-refractivity contribution is 5.52. The minimum absolute atomic E-state index is 0.165. The predicted molar refractivity (Wildman–Crippen MR) is 54.9 cm³/mol. The van der Waals surface area contributed by atoms with E-state index in [9.17, 15) is 4.79 Å². The molecule has 5 heteroatoms. The van der Waals surface area contributed by atoms with E-state index in [4.69, 9.17) is 9.47 Å². The summed E-state index contributed by atoms with van der Waals surface area (Å²) < 4.78 is 10.5. The molecule has 0 aliphatic carbocycles. The number of rotatable bonds is 3. The summed E-state index contributed by atoms with van der Waals surface area (Å²) in [6, 6.07) is 1.73. The molecule has 0 N–H and O–H groups in total. The number of ether oxygens (including phenoxy) is 2. The monoisotopic (exact) mass is 218 g/mol. The van der Waals surface area contributed by atoms with Crippen LogP contribution in [0.2, 0.25) is 0 Å². The molecule has 0 spiro atoms. The first-order chi connectivity index (χ1) is 7.90. The summed E-state index contributed by atoms with van der Waals surface area (Å²) >= 11 is 0. The third-order valence-electron chi connectivity index (χ3n) is 2.02. The number of nitrogens with zero attached hydrogens (tertiary/aromatic N) is 2. The third kappa shape index (κ3) is 2.53. The minimum Gasteiger partial charge on any atom is -0.480 e. The topological polar surface area (TPSA) is 61.3 Å². The van der Waals surface area contributed by atoms with E-state index in [-0.39, 0.29) is 12.4 Å². The van der Waals surface area contributed by atoms with Crippen molar-refractivity contribution in [3.05, 3.63) is 42.2 Å². The van der Waals surface area contributed by atoms with E-state index >= 15 is 0 Å². The fourth-order valence-electron chi connectivity index (χ4n) is 1.27. The molecule has 0 radical (unpaired) electrons. The second kappa shape index (κ2) is 5.21. The molecule has 0 fully saturated rings. The van der Waals surface area contributed by atoms with Gasteiger partial charge in [0.25, 0.3) is 0 Å². The lowest BCUT2D eigenvalue weighted by atomic mass is 10.2. The van der Waals surface area contributed by atoms with Crippen LogP contribution in [0.3, 0.4) is 0 Å². The molecule has 1 unspecified atom stereocenters. The Morgan fingerprint density at radius 3 is 3.06 bits per heavy atom. The first-order valence-corrected chi connectivity index (χ1v) is 4.82. The molecule has 1 aromatic rings. The highest BCUT2D eigenvalue weighted by Crippen LogP contribution is 2.13. The van der Waals surface area contributed by atoms with Gasteiger partial charge in [-0.05, 0) is 18.2 Å². The summed E-state index contributed by atoms with van der Waals surface area (Å²) in [6.45, 7) is 0.608. The lowest BCUT2D eigenvalue weighted by Crippen LogP contribution is -2.20. The zero-order chi connectivity index (χ0) is 11.2. The van der Waals surface area contributed by atoms with Crippen molar-refractivity contribution < 1.29 is 14.3 Å². The van der Waals surface area contributed by atoms with Crippen molar-refractivity contribution in [1.82, 2.24) is 9.97 Å². The zero-order valence-corrected chi connectivity index (χ0v) is 8.50. The maximum Gasteiger partial charge on any atom is 0.213 e. The van der Waals surface area contributed by atoms with E-state index in [1.54, 1.807) is 36.6 Å². The average Bonchev–Trinajstić information content (AvgIpc) is 2.38. The van der Waals surface area contributed by atoms with Gasteiger partial charge in [0, 0.05) is 12.4 Å². The van der Waals surface area contributed by atoms with Gasteiger partial charge in [-0.1, -0.05) is 0 Å². The number of hydrogen-bond donors (Lipinski definition) is 0. The van der Waals surface area contributed by atoms with Crippen LogP contribution < -0.4 is 0 Å². The normalized spacial score (nSPS) is 19.0. The van der Waals surface area contributed by atoms with Gasteiger partial charge >= 0.3 is 0 Å². The van der Waals surface area contributed by atoms with Crippen LogP contribution in [0, 0.1) is 0 Å². The van der Waals surface area contributed by atoms with E-state index < -0.39 is 6.10 Å². The fraction of sp³-hybridized carbons (Fsp3) is 0.273. The maximum absolute atomic E-state index is 10.5. The molecule has 1 aliphatic rings. The highest BCUT2D eigenvalue weighted by atomic mass is 16.5. The summed E-state index contributed by atoms with van der Waals surface area (Å²) in [5.41, 5.74) is 0. The number of aromatic nitrogens is 2. The fourth-order valence-corrected chi connectivity index (χ4v) is 1.27. The molecule has 0 saturated carbocycles. The lowest BCUT2D eigenvalue weighted by Gasteiger charge is -2.18. The smallest absolute Gasteiger partial charge is 0.213 e. The molecule has 0 aromatic carbocycles. The van der Waals surface area contributed by atoms with Gasteiger partial charge in [-0.3, -0.25) is 0 Å². The summed E-state index contributed by atoms with van der Waals surface area (Å²) in [5.74, 6) is 2.44. The molecular weight excluding hydrogens is 208 g/mol. The van der Waals surface area contributed by atoms with Gasteiger partial charge in [0.2, 0.25) is 5.76 Å². The van der Waals surface area contributed by atoms with E-state index in [2.05, 4.69) is 9.97 Å². The highest BCUT2D eigenvalue weighted by Gasteiger charge is 2.18. The van der Waals surface area contributed by atoms with Crippen molar-refractivity contribution in [3.63, 3.8) is 0 Å². The van der Waals surface area contributed by atoms with Crippen LogP contribution in [0.25, 0.3) is 0 Å². The standard InChI is InChI=1S/C11H10N2O3/c14-7-10-9(3-1-6-15-10)16-8-11-12-4-2-5-13-11/h1-5,9H,6,8H2. The predicted octanol–water partition coefficient (Wildman–Crippen LogP) is 0.664. The Balaban J connectivity index is 1.97. The second-order valence-electron chi connectivity index (χ2n) is 3.10. The van der Waals surface area contributed by atoms with Crippen molar-refractivity contribution in [2.75, 3.05) is 6.61 Å². The molecule has 5 nitrogen and oxygen atoms in total. The minimum atomic E-state index is -0.491. The Hall–Kier alpha value is -1.97. The van der Waals surface area contributed by atoms with E-state index in [1.165, 1.54) is 0 Å². The molecule has 1 aromatic heterocycles. The quantitative estimate of drug-likeness (QED) is 0.551. The van der Waals surface area contributed by atoms with E-state index in [0.717, 1.165) is 0 Å². The molecule has 82 valence electrons. The largest absolute Gasteiger partial charge is 0.480 e. The molecule has 1 atom stereocenters. The van der Waals surface area contributed by atoms with Crippen LogP contribution in [-0.2, 0) is 20.9 Å². The van der Waals surface area contributed by atoms with Crippen LogP contribution in [0.4, 0.5) is 0 Å². The van der Waals surface area contributed by atoms with Gasteiger partial charge in [0.15, 0.2) is 11.8 Å². The third-order valence-corrected chi connectivity index (χ3v) is 2.02. The molecule has 1 aliphatic heterocycles. The van der Waals surface area contributed by atoms with Crippen molar-refractivity contribution >= 4 is 5.94 Å². The Kier molecular flexibility index (Phi) is 3.43. The van der Waals surface area contributed by atoms with Crippen LogP contribution >= 0.6 is 0 Å². The van der Waals surface area contributed by atoms with Crippen molar-refractivity contribution in [1.29, 1.82) is 0 Å². The molecule has 0 bridgehead atoms. The average molecular weight is 218 g/mol. The zero-order valence-electron chi connectivity index (χ0n) is 8.50. The molecule has 2 heterocycles. The van der Waals surface area contributed by atoms with Crippen LogP contribution in [-0.4, -0.2) is 28.6 Å². The van der Waals surface area contributed by atoms with Gasteiger partial charge in [-0.2, -0.15) is 0 Å². The van der Waals surface area contributed by atoms with Crippen LogP contribution in [0.15, 0.2) is 36.4 Å². The summed E-state index contributed by atoms with van der Waals surface area (Å²) in [7, 11) is 0. The molecule has 16 heavy (non-hydrogen) atoms. The van der Waals surface area contributed by atoms with Gasteiger partial charge < -0.3 is 9.47 Å². The van der Waals surface area contributed by atoms with Crippen LogP contribution in [0.1, 0.15) is 5.82 Å². The molecule has 0 amide bonds. The Labute approximate surface area is 92.4 Å². The van der Waals surface area contributed by atoms with Gasteiger partial charge in [0.1, 0.15) is 19.3 Å². The van der Waals surface area contributed by atoms with E-state index in [1.807, 2.05) is 0 Å². The molecule has 2 rings (SSSR count). The Bertz CT molecular complexity index is 424. The van der Waals surface area contributed by atoms with Crippen molar-refractivity contribution in [2.24, 2.45) is 0 Å². The van der Waals surface area contributed by atoms with Crippen molar-refractivity contribution in [2.45, 2.75) is 12.7 Å². The number of hydrogen-bond acceptors (Lipinski definition) is 5. The van der Waals surface area contributed by atoms with Crippen molar-refractivity contribution in [3.8, 4) is 0 Å².